The van der Waals surface area contributed by atoms with Crippen LogP contribution in [0.1, 0.15) is 0 Å². The fourth-order valence-electron chi connectivity index (χ4n) is 4.74. The Morgan fingerprint density at radius 3 is 1.56 bits per heavy atom. The van der Waals surface area contributed by atoms with Gasteiger partial charge in [-0.05, 0) is 47.5 Å². The third-order valence-corrected chi connectivity index (χ3v) is 6.73. The van der Waals surface area contributed by atoms with Crippen LogP contribution >= 0.6 is 0 Å². The number of rotatable bonds is 5. The molecule has 0 fully saturated rings. The van der Waals surface area contributed by atoms with Crippen LogP contribution in [0.15, 0.2) is 144 Å². The molecule has 184 valence electrons. The quantitative estimate of drug-likeness (QED) is 0.236. The molecule has 5 aromatic carbocycles. The first-order valence-corrected chi connectivity index (χ1v) is 12.9. The first-order chi connectivity index (χ1) is 19.3. The Labute approximate surface area is 226 Å². The Kier molecular flexibility index (Phi) is 5.76. The molecule has 0 aliphatic heterocycles. The van der Waals surface area contributed by atoms with Gasteiger partial charge in [0.15, 0.2) is 11.4 Å². The average molecular weight is 502 g/mol. The molecule has 0 N–H and O–H groups in total. The maximum atomic E-state index is 6.12. The minimum atomic E-state index is 0.621. The van der Waals surface area contributed by atoms with Gasteiger partial charge in [-0.15, -0.1) is 0 Å². The predicted molar refractivity (Wildman–Crippen MR) is 157 cm³/mol. The van der Waals surface area contributed by atoms with Crippen molar-refractivity contribution in [1.82, 2.24) is 15.0 Å². The lowest BCUT2D eigenvalue weighted by molar-refractivity contribution is 0.620. The van der Waals surface area contributed by atoms with Gasteiger partial charge in [-0.2, -0.15) is 0 Å². The second-order valence-corrected chi connectivity index (χ2v) is 9.34. The molecule has 0 unspecified atom stereocenters. The molecular weight excluding hydrogens is 478 g/mol. The SMILES string of the molecule is c1ccc(-c2cc(-c3ccccc3)nc(-c3cccc(-c4ccc5nc(-c6ccccc6)oc5c4)c3)n2)cc1. The minimum absolute atomic E-state index is 0.621. The van der Waals surface area contributed by atoms with Crippen molar-refractivity contribution in [3.63, 3.8) is 0 Å². The number of hydrogen-bond donors (Lipinski definition) is 0. The van der Waals surface area contributed by atoms with Crippen molar-refractivity contribution in [3.05, 3.63) is 140 Å². The third-order valence-electron chi connectivity index (χ3n) is 6.73. The number of hydrogen-bond acceptors (Lipinski definition) is 4. The topological polar surface area (TPSA) is 51.8 Å². The number of benzene rings is 5. The Morgan fingerprint density at radius 1 is 0.385 bits per heavy atom. The van der Waals surface area contributed by atoms with Crippen LogP contribution in [0, 0.1) is 0 Å². The number of fused-ring (bicyclic) bond motifs is 1. The summed E-state index contributed by atoms with van der Waals surface area (Å²) in [6, 6.07) is 46.9. The summed E-state index contributed by atoms with van der Waals surface area (Å²) >= 11 is 0. The summed E-state index contributed by atoms with van der Waals surface area (Å²) in [5.74, 6) is 1.31. The van der Waals surface area contributed by atoms with Gasteiger partial charge in [0, 0.05) is 22.3 Å². The Bertz CT molecular complexity index is 1840. The zero-order valence-electron chi connectivity index (χ0n) is 21.0. The Balaban J connectivity index is 1.31. The number of oxazole rings is 1. The molecule has 0 bridgehead atoms. The van der Waals surface area contributed by atoms with Crippen LogP contribution in [0.3, 0.4) is 0 Å². The van der Waals surface area contributed by atoms with Crippen molar-refractivity contribution in [3.8, 4) is 56.5 Å². The molecule has 7 aromatic rings. The van der Waals surface area contributed by atoms with E-state index < -0.39 is 0 Å². The molecule has 0 spiro atoms. The van der Waals surface area contributed by atoms with Gasteiger partial charge in [-0.3, -0.25) is 0 Å². The highest BCUT2D eigenvalue weighted by molar-refractivity contribution is 5.83. The minimum Gasteiger partial charge on any atom is -0.436 e. The standard InChI is InChI=1S/C35H23N3O/c1-4-11-24(12-5-1)31-23-32(25-13-6-2-7-14-25)37-34(36-31)29-18-10-17-27(21-29)28-19-20-30-33(22-28)39-35(38-30)26-15-8-3-9-16-26/h1-23H. The van der Waals surface area contributed by atoms with Gasteiger partial charge in [-0.25, -0.2) is 15.0 Å². The molecule has 0 saturated heterocycles. The number of nitrogens with zero attached hydrogens (tertiary/aromatic N) is 3. The van der Waals surface area contributed by atoms with Crippen LogP contribution in [0.2, 0.25) is 0 Å². The van der Waals surface area contributed by atoms with Gasteiger partial charge >= 0.3 is 0 Å². The monoisotopic (exact) mass is 501 g/mol. The zero-order chi connectivity index (χ0) is 26.0. The van der Waals surface area contributed by atoms with Crippen molar-refractivity contribution in [2.75, 3.05) is 0 Å². The molecule has 4 heteroatoms. The van der Waals surface area contributed by atoms with E-state index in [1.807, 2.05) is 84.9 Å². The van der Waals surface area contributed by atoms with E-state index in [1.165, 1.54) is 0 Å². The van der Waals surface area contributed by atoms with E-state index in [0.717, 1.165) is 55.9 Å². The maximum absolute atomic E-state index is 6.12. The highest BCUT2D eigenvalue weighted by atomic mass is 16.3. The van der Waals surface area contributed by atoms with Crippen LogP contribution in [0.25, 0.3) is 67.6 Å². The summed E-state index contributed by atoms with van der Waals surface area (Å²) < 4.78 is 6.12. The lowest BCUT2D eigenvalue weighted by atomic mass is 10.0. The highest BCUT2D eigenvalue weighted by Gasteiger charge is 2.13. The lowest BCUT2D eigenvalue weighted by Crippen LogP contribution is -1.96. The second kappa shape index (κ2) is 9.84. The molecule has 2 aromatic heterocycles. The van der Waals surface area contributed by atoms with Crippen LogP contribution in [-0.2, 0) is 0 Å². The van der Waals surface area contributed by atoms with E-state index in [4.69, 9.17) is 14.4 Å². The van der Waals surface area contributed by atoms with E-state index >= 15 is 0 Å². The lowest BCUT2D eigenvalue weighted by Gasteiger charge is -2.10. The van der Waals surface area contributed by atoms with Gasteiger partial charge in [0.1, 0.15) is 5.52 Å². The van der Waals surface area contributed by atoms with Crippen molar-refractivity contribution < 1.29 is 4.42 Å². The molecule has 0 amide bonds. The molecule has 0 radical (unpaired) electrons. The van der Waals surface area contributed by atoms with Crippen molar-refractivity contribution in [2.45, 2.75) is 0 Å². The largest absolute Gasteiger partial charge is 0.436 e. The molecule has 0 aliphatic rings. The Hall–Kier alpha value is -5.35. The van der Waals surface area contributed by atoms with E-state index in [0.29, 0.717) is 11.7 Å². The molecule has 2 heterocycles. The Morgan fingerprint density at radius 2 is 0.923 bits per heavy atom. The summed E-state index contributed by atoms with van der Waals surface area (Å²) in [5, 5.41) is 0. The second-order valence-electron chi connectivity index (χ2n) is 9.34. The summed E-state index contributed by atoms with van der Waals surface area (Å²) in [7, 11) is 0. The molecule has 7 rings (SSSR count). The van der Waals surface area contributed by atoms with E-state index in [1.54, 1.807) is 0 Å². The summed E-state index contributed by atoms with van der Waals surface area (Å²) in [6.45, 7) is 0. The summed E-state index contributed by atoms with van der Waals surface area (Å²) in [6.07, 6.45) is 0. The molecule has 39 heavy (non-hydrogen) atoms. The van der Waals surface area contributed by atoms with Crippen LogP contribution in [0.4, 0.5) is 0 Å². The van der Waals surface area contributed by atoms with Crippen LogP contribution < -0.4 is 0 Å². The van der Waals surface area contributed by atoms with Crippen molar-refractivity contribution >= 4 is 11.1 Å². The van der Waals surface area contributed by atoms with Gasteiger partial charge < -0.3 is 4.42 Å². The fourth-order valence-corrected chi connectivity index (χ4v) is 4.74. The summed E-state index contributed by atoms with van der Waals surface area (Å²) in [4.78, 5) is 14.6. The molecule has 0 atom stereocenters. The zero-order valence-corrected chi connectivity index (χ0v) is 21.0. The number of aromatic nitrogens is 3. The highest BCUT2D eigenvalue weighted by Crippen LogP contribution is 2.32. The smallest absolute Gasteiger partial charge is 0.227 e. The van der Waals surface area contributed by atoms with Crippen LogP contribution in [-0.4, -0.2) is 15.0 Å². The first kappa shape index (κ1) is 22.8. The molecule has 0 aliphatic carbocycles. The van der Waals surface area contributed by atoms with Crippen LogP contribution in [0.5, 0.6) is 0 Å². The predicted octanol–water partition coefficient (Wildman–Crippen LogP) is 8.95. The van der Waals surface area contributed by atoms with Gasteiger partial charge in [0.25, 0.3) is 0 Å². The average Bonchev–Trinajstić information content (AvgIpc) is 3.46. The van der Waals surface area contributed by atoms with Gasteiger partial charge in [0.05, 0.1) is 11.4 Å². The molecular formula is C35H23N3O. The molecule has 4 nitrogen and oxygen atoms in total. The van der Waals surface area contributed by atoms with E-state index in [9.17, 15) is 0 Å². The summed E-state index contributed by atoms with van der Waals surface area (Å²) in [5.41, 5.74) is 9.49. The molecule has 0 saturated carbocycles. The van der Waals surface area contributed by atoms with Gasteiger partial charge in [0.2, 0.25) is 5.89 Å². The van der Waals surface area contributed by atoms with E-state index in [2.05, 4.69) is 59.6 Å². The van der Waals surface area contributed by atoms with E-state index in [-0.39, 0.29) is 0 Å². The van der Waals surface area contributed by atoms with Gasteiger partial charge in [-0.1, -0.05) is 103 Å². The fraction of sp³-hybridized carbons (Fsp3) is 0. The first-order valence-electron chi connectivity index (χ1n) is 12.9. The third kappa shape index (κ3) is 4.60. The normalized spacial score (nSPS) is 11.1. The van der Waals surface area contributed by atoms with Crippen molar-refractivity contribution in [2.24, 2.45) is 0 Å². The van der Waals surface area contributed by atoms with Crippen molar-refractivity contribution in [1.29, 1.82) is 0 Å². The maximum Gasteiger partial charge on any atom is 0.227 e.